The molecule has 124 valence electrons. The van der Waals surface area contributed by atoms with Crippen molar-refractivity contribution in [2.45, 2.75) is 44.9 Å². The molecule has 7 heteroatoms. The van der Waals surface area contributed by atoms with Gasteiger partial charge in [-0.3, -0.25) is 9.89 Å². The first-order valence-electron chi connectivity index (χ1n) is 7.51. The standard InChI is InChI=1S/C16H21BrN4OS/c1-10(2)21(11(3)4)14(22)9-23-16-18-15(19-20-16)12-7-5-6-8-13(12)17/h5-8,10-11H,9H2,1-4H3,(H,18,19,20). The van der Waals surface area contributed by atoms with Crippen molar-refractivity contribution >= 4 is 33.6 Å². The lowest BCUT2D eigenvalue weighted by Crippen LogP contribution is -2.43. The van der Waals surface area contributed by atoms with Gasteiger partial charge >= 0.3 is 0 Å². The molecule has 0 spiro atoms. The van der Waals surface area contributed by atoms with Crippen LogP contribution in [0.3, 0.4) is 0 Å². The number of nitrogens with zero attached hydrogens (tertiary/aromatic N) is 3. The number of H-pyrrole nitrogens is 1. The lowest BCUT2D eigenvalue weighted by molar-refractivity contribution is -0.131. The van der Waals surface area contributed by atoms with Crippen LogP contribution in [0.5, 0.6) is 0 Å². The highest BCUT2D eigenvalue weighted by Gasteiger charge is 2.20. The number of carbonyl (C=O) groups is 1. The van der Waals surface area contributed by atoms with Gasteiger partial charge in [0, 0.05) is 22.1 Å². The van der Waals surface area contributed by atoms with E-state index in [0.717, 1.165) is 10.0 Å². The average Bonchev–Trinajstić information content (AvgIpc) is 2.93. The molecule has 5 nitrogen and oxygen atoms in total. The van der Waals surface area contributed by atoms with Gasteiger partial charge in [0.25, 0.3) is 0 Å². The number of halogens is 1. The van der Waals surface area contributed by atoms with Crippen LogP contribution in [-0.4, -0.2) is 43.8 Å². The highest BCUT2D eigenvalue weighted by Crippen LogP contribution is 2.26. The Morgan fingerprint density at radius 1 is 1.26 bits per heavy atom. The number of thioether (sulfide) groups is 1. The topological polar surface area (TPSA) is 61.9 Å². The van der Waals surface area contributed by atoms with Crippen LogP contribution in [0.2, 0.25) is 0 Å². The van der Waals surface area contributed by atoms with Crippen molar-refractivity contribution in [2.24, 2.45) is 0 Å². The van der Waals surface area contributed by atoms with E-state index in [0.29, 0.717) is 16.7 Å². The Balaban J connectivity index is 2.03. The summed E-state index contributed by atoms with van der Waals surface area (Å²) in [6.07, 6.45) is 0. The largest absolute Gasteiger partial charge is 0.337 e. The average molecular weight is 397 g/mol. The first-order chi connectivity index (χ1) is 10.9. The summed E-state index contributed by atoms with van der Waals surface area (Å²) in [4.78, 5) is 18.7. The maximum absolute atomic E-state index is 12.4. The molecule has 0 aliphatic carbocycles. The number of rotatable bonds is 6. The molecule has 0 aliphatic rings. The second-order valence-corrected chi connectivity index (χ2v) is 7.52. The molecule has 0 bridgehead atoms. The summed E-state index contributed by atoms with van der Waals surface area (Å²) >= 11 is 4.85. The molecule has 0 saturated heterocycles. The molecule has 2 rings (SSSR count). The predicted octanol–water partition coefficient (Wildman–Crippen LogP) is 3.97. The molecule has 2 aromatic rings. The predicted molar refractivity (Wildman–Crippen MR) is 97.4 cm³/mol. The van der Waals surface area contributed by atoms with E-state index < -0.39 is 0 Å². The normalized spacial score (nSPS) is 11.3. The molecule has 0 fully saturated rings. The quantitative estimate of drug-likeness (QED) is 0.750. The van der Waals surface area contributed by atoms with Gasteiger partial charge in [-0.2, -0.15) is 0 Å². The molecule has 0 saturated carbocycles. The summed E-state index contributed by atoms with van der Waals surface area (Å²) in [6.45, 7) is 8.11. The number of aromatic nitrogens is 3. The number of hydrogen-bond donors (Lipinski definition) is 1. The van der Waals surface area contributed by atoms with Gasteiger partial charge < -0.3 is 4.90 Å². The van der Waals surface area contributed by atoms with Crippen molar-refractivity contribution in [1.29, 1.82) is 0 Å². The van der Waals surface area contributed by atoms with Gasteiger partial charge in [-0.15, -0.1) is 5.10 Å². The third-order valence-corrected chi connectivity index (χ3v) is 4.84. The zero-order valence-corrected chi connectivity index (χ0v) is 16.1. The molecule has 0 aliphatic heterocycles. The number of nitrogens with one attached hydrogen (secondary N) is 1. The zero-order chi connectivity index (χ0) is 17.0. The van der Waals surface area contributed by atoms with E-state index in [2.05, 4.69) is 31.1 Å². The summed E-state index contributed by atoms with van der Waals surface area (Å²) in [5, 5.41) is 7.69. The summed E-state index contributed by atoms with van der Waals surface area (Å²) in [5.41, 5.74) is 0.948. The molecule has 1 aromatic carbocycles. The zero-order valence-electron chi connectivity index (χ0n) is 13.7. The van der Waals surface area contributed by atoms with E-state index >= 15 is 0 Å². The van der Waals surface area contributed by atoms with Crippen LogP contribution >= 0.6 is 27.7 Å². The van der Waals surface area contributed by atoms with Gasteiger partial charge in [0.2, 0.25) is 11.1 Å². The first-order valence-corrected chi connectivity index (χ1v) is 9.29. The van der Waals surface area contributed by atoms with Crippen molar-refractivity contribution in [3.8, 4) is 11.4 Å². The minimum absolute atomic E-state index is 0.104. The maximum Gasteiger partial charge on any atom is 0.233 e. The Labute approximate surface area is 149 Å². The molecule has 1 heterocycles. The molecule has 0 unspecified atom stereocenters. The Bertz CT molecular complexity index is 664. The number of hydrogen-bond acceptors (Lipinski definition) is 4. The van der Waals surface area contributed by atoms with Crippen LogP contribution in [0.4, 0.5) is 0 Å². The van der Waals surface area contributed by atoms with Gasteiger partial charge in [0.1, 0.15) is 0 Å². The fourth-order valence-electron chi connectivity index (χ4n) is 2.46. The first kappa shape index (κ1) is 18.0. The Morgan fingerprint density at radius 3 is 2.52 bits per heavy atom. The Morgan fingerprint density at radius 2 is 1.91 bits per heavy atom. The van der Waals surface area contributed by atoms with Gasteiger partial charge in [0.15, 0.2) is 5.82 Å². The fraction of sp³-hybridized carbons (Fsp3) is 0.438. The highest BCUT2D eigenvalue weighted by molar-refractivity contribution is 9.10. The van der Waals surface area contributed by atoms with E-state index in [1.54, 1.807) is 0 Å². The van der Waals surface area contributed by atoms with Crippen molar-refractivity contribution in [3.63, 3.8) is 0 Å². The van der Waals surface area contributed by atoms with E-state index in [4.69, 9.17) is 0 Å². The van der Waals surface area contributed by atoms with Crippen molar-refractivity contribution < 1.29 is 4.79 Å². The summed E-state index contributed by atoms with van der Waals surface area (Å²) in [5.74, 6) is 1.13. The smallest absolute Gasteiger partial charge is 0.233 e. The number of aromatic amines is 1. The second kappa shape index (κ2) is 7.97. The molecule has 0 atom stereocenters. The minimum Gasteiger partial charge on any atom is -0.337 e. The molecular formula is C16H21BrN4OS. The minimum atomic E-state index is 0.104. The Kier molecular flexibility index (Phi) is 6.24. The SMILES string of the molecule is CC(C)N(C(=O)CSc1n[nH]c(-c2ccccc2Br)n1)C(C)C. The lowest BCUT2D eigenvalue weighted by Gasteiger charge is -2.30. The number of carbonyl (C=O) groups excluding carboxylic acids is 1. The molecule has 1 amide bonds. The van der Waals surface area contributed by atoms with E-state index in [1.807, 2.05) is 56.9 Å². The van der Waals surface area contributed by atoms with Gasteiger partial charge in [-0.1, -0.05) is 45.9 Å². The van der Waals surface area contributed by atoms with Crippen LogP contribution in [0, 0.1) is 0 Å². The molecular weight excluding hydrogens is 376 g/mol. The monoisotopic (exact) mass is 396 g/mol. The van der Waals surface area contributed by atoms with E-state index in [1.165, 1.54) is 11.8 Å². The summed E-state index contributed by atoms with van der Waals surface area (Å²) in [6, 6.07) is 8.19. The van der Waals surface area contributed by atoms with Crippen molar-refractivity contribution in [1.82, 2.24) is 20.1 Å². The highest BCUT2D eigenvalue weighted by atomic mass is 79.9. The fourth-order valence-corrected chi connectivity index (χ4v) is 3.60. The van der Waals surface area contributed by atoms with Crippen LogP contribution in [-0.2, 0) is 4.79 Å². The molecule has 23 heavy (non-hydrogen) atoms. The molecule has 0 radical (unpaired) electrons. The summed E-state index contributed by atoms with van der Waals surface area (Å²) in [7, 11) is 0. The molecule has 1 N–H and O–H groups in total. The number of amides is 1. The lowest BCUT2D eigenvalue weighted by atomic mass is 10.2. The third-order valence-electron chi connectivity index (χ3n) is 3.32. The van der Waals surface area contributed by atoms with Gasteiger partial charge in [-0.25, -0.2) is 4.98 Å². The Hall–Kier alpha value is -1.34. The van der Waals surface area contributed by atoms with Gasteiger partial charge in [-0.05, 0) is 33.8 Å². The van der Waals surface area contributed by atoms with Crippen molar-refractivity contribution in [2.75, 3.05) is 5.75 Å². The van der Waals surface area contributed by atoms with Crippen molar-refractivity contribution in [3.05, 3.63) is 28.7 Å². The third kappa shape index (κ3) is 4.57. The molecule has 1 aromatic heterocycles. The summed E-state index contributed by atoms with van der Waals surface area (Å²) < 4.78 is 0.953. The van der Waals surface area contributed by atoms with Crippen LogP contribution in [0.1, 0.15) is 27.7 Å². The van der Waals surface area contributed by atoms with Crippen LogP contribution in [0.15, 0.2) is 33.9 Å². The van der Waals surface area contributed by atoms with E-state index in [-0.39, 0.29) is 18.0 Å². The van der Waals surface area contributed by atoms with E-state index in [9.17, 15) is 4.79 Å². The van der Waals surface area contributed by atoms with Gasteiger partial charge in [0.05, 0.1) is 5.75 Å². The number of benzene rings is 1. The van der Waals surface area contributed by atoms with Crippen LogP contribution < -0.4 is 0 Å². The second-order valence-electron chi connectivity index (χ2n) is 5.72. The maximum atomic E-state index is 12.4. The van der Waals surface area contributed by atoms with Crippen LogP contribution in [0.25, 0.3) is 11.4 Å².